The topological polar surface area (TPSA) is 30.5 Å². The summed E-state index contributed by atoms with van der Waals surface area (Å²) in [7, 11) is 0. The van der Waals surface area contributed by atoms with Crippen LogP contribution in [0.15, 0.2) is 0 Å². The molecule has 3 heteroatoms. The van der Waals surface area contributed by atoms with Crippen molar-refractivity contribution >= 4 is 0 Å². The number of hydrogen-bond donors (Lipinski definition) is 1. The molecule has 3 nitrogen and oxygen atoms in total. The minimum absolute atomic E-state index is 0.0261. The van der Waals surface area contributed by atoms with Gasteiger partial charge in [0.1, 0.15) is 0 Å². The number of nitrogens with one attached hydrogen (secondary N) is 1. The maximum absolute atomic E-state index is 5.97. The maximum atomic E-state index is 5.97. The van der Waals surface area contributed by atoms with Crippen LogP contribution in [-0.4, -0.2) is 37.0 Å². The largest absolute Gasteiger partial charge is 0.378 e. The molecule has 0 bridgehead atoms. The van der Waals surface area contributed by atoms with Gasteiger partial charge in [0.15, 0.2) is 0 Å². The van der Waals surface area contributed by atoms with E-state index in [4.69, 9.17) is 9.47 Å². The first kappa shape index (κ1) is 13.3. The highest BCUT2D eigenvalue weighted by atomic mass is 16.6. The van der Waals surface area contributed by atoms with Crippen LogP contribution < -0.4 is 5.32 Å². The summed E-state index contributed by atoms with van der Waals surface area (Å²) in [5, 5.41) is 3.85. The van der Waals surface area contributed by atoms with Gasteiger partial charge in [-0.25, -0.2) is 0 Å². The molecule has 0 aliphatic carbocycles. The lowest BCUT2D eigenvalue weighted by atomic mass is 9.86. The molecular formula is C14H27NO2. The highest BCUT2D eigenvalue weighted by Crippen LogP contribution is 2.33. The normalized spacial score (nSPS) is 34.4. The van der Waals surface area contributed by atoms with Gasteiger partial charge in [0, 0.05) is 31.2 Å². The molecule has 2 aliphatic heterocycles. The lowest BCUT2D eigenvalue weighted by Crippen LogP contribution is -2.54. The molecule has 0 amide bonds. The zero-order valence-electron chi connectivity index (χ0n) is 11.6. The Balaban J connectivity index is 1.93. The Hall–Kier alpha value is -0.120. The van der Waals surface area contributed by atoms with Gasteiger partial charge < -0.3 is 14.8 Å². The molecule has 0 aromatic heterocycles. The van der Waals surface area contributed by atoms with Crippen LogP contribution in [0.1, 0.15) is 52.9 Å². The average molecular weight is 241 g/mol. The van der Waals surface area contributed by atoms with Crippen molar-refractivity contribution in [2.24, 2.45) is 0 Å². The Bertz CT molecular complexity index is 243. The molecule has 0 aromatic carbocycles. The van der Waals surface area contributed by atoms with Gasteiger partial charge in [0.05, 0.1) is 12.2 Å². The second-order valence-corrected chi connectivity index (χ2v) is 5.94. The first-order valence-corrected chi connectivity index (χ1v) is 7.11. The van der Waals surface area contributed by atoms with Crippen LogP contribution in [-0.2, 0) is 9.47 Å². The van der Waals surface area contributed by atoms with E-state index in [9.17, 15) is 0 Å². The van der Waals surface area contributed by atoms with E-state index in [-0.39, 0.29) is 11.1 Å². The van der Waals surface area contributed by atoms with Crippen LogP contribution in [0.25, 0.3) is 0 Å². The second kappa shape index (κ2) is 5.25. The summed E-state index contributed by atoms with van der Waals surface area (Å²) in [5.41, 5.74) is 0.307. The zero-order chi connectivity index (χ0) is 12.4. The highest BCUT2D eigenvalue weighted by molar-refractivity contribution is 4.95. The van der Waals surface area contributed by atoms with E-state index in [2.05, 4.69) is 26.1 Å². The molecule has 0 aromatic rings. The molecule has 0 saturated carbocycles. The van der Waals surface area contributed by atoms with E-state index >= 15 is 0 Å². The van der Waals surface area contributed by atoms with Crippen LogP contribution in [0.2, 0.25) is 0 Å². The Morgan fingerprint density at radius 3 is 2.65 bits per heavy atom. The lowest BCUT2D eigenvalue weighted by molar-refractivity contribution is -0.0922. The summed E-state index contributed by atoms with van der Waals surface area (Å²) in [5.74, 6) is 0. The van der Waals surface area contributed by atoms with Gasteiger partial charge in [-0.2, -0.15) is 0 Å². The molecule has 17 heavy (non-hydrogen) atoms. The average Bonchev–Trinajstić information content (AvgIpc) is 2.77. The molecule has 0 radical (unpaired) electrons. The van der Waals surface area contributed by atoms with E-state index in [0.29, 0.717) is 6.04 Å². The Labute approximate surface area is 105 Å². The van der Waals surface area contributed by atoms with Crippen molar-refractivity contribution < 1.29 is 9.47 Å². The fourth-order valence-electron chi connectivity index (χ4n) is 2.96. The SMILES string of the molecule is CCC(C)(CC)NC1CCOC2(CCOC2)C1. The minimum atomic E-state index is 0.0261. The first-order chi connectivity index (χ1) is 8.11. The molecule has 1 spiro atoms. The van der Waals surface area contributed by atoms with Crippen molar-refractivity contribution in [2.75, 3.05) is 19.8 Å². The smallest absolute Gasteiger partial charge is 0.0951 e. The third-order valence-corrected chi connectivity index (χ3v) is 4.67. The Morgan fingerprint density at radius 1 is 1.29 bits per heavy atom. The quantitative estimate of drug-likeness (QED) is 0.820. The number of hydrogen-bond acceptors (Lipinski definition) is 3. The van der Waals surface area contributed by atoms with E-state index in [0.717, 1.165) is 39.1 Å². The van der Waals surface area contributed by atoms with Crippen molar-refractivity contribution in [3.8, 4) is 0 Å². The minimum Gasteiger partial charge on any atom is -0.378 e. The summed E-state index contributed by atoms with van der Waals surface area (Å²) >= 11 is 0. The van der Waals surface area contributed by atoms with Crippen molar-refractivity contribution in [3.63, 3.8) is 0 Å². The highest BCUT2D eigenvalue weighted by Gasteiger charge is 2.42. The number of ether oxygens (including phenoxy) is 2. The summed E-state index contributed by atoms with van der Waals surface area (Å²) in [6.45, 7) is 9.41. The third kappa shape index (κ3) is 3.01. The number of rotatable bonds is 4. The van der Waals surface area contributed by atoms with Gasteiger partial charge in [-0.15, -0.1) is 0 Å². The molecule has 2 atom stereocenters. The van der Waals surface area contributed by atoms with Crippen molar-refractivity contribution in [1.29, 1.82) is 0 Å². The summed E-state index contributed by atoms with van der Waals surface area (Å²) in [4.78, 5) is 0. The molecule has 2 aliphatic rings. The van der Waals surface area contributed by atoms with Gasteiger partial charge >= 0.3 is 0 Å². The van der Waals surface area contributed by atoms with Crippen molar-refractivity contribution in [1.82, 2.24) is 5.32 Å². The molecule has 2 unspecified atom stereocenters. The Kier molecular flexibility index (Phi) is 4.11. The van der Waals surface area contributed by atoms with Gasteiger partial charge in [0.25, 0.3) is 0 Å². The summed E-state index contributed by atoms with van der Waals surface area (Å²) in [6, 6.07) is 0.593. The molecule has 1 N–H and O–H groups in total. The van der Waals surface area contributed by atoms with Crippen molar-refractivity contribution in [3.05, 3.63) is 0 Å². The molecular weight excluding hydrogens is 214 g/mol. The molecule has 2 heterocycles. The van der Waals surface area contributed by atoms with Gasteiger partial charge in [-0.1, -0.05) is 13.8 Å². The van der Waals surface area contributed by atoms with E-state index in [1.54, 1.807) is 0 Å². The molecule has 2 rings (SSSR count). The van der Waals surface area contributed by atoms with Gasteiger partial charge in [-0.05, 0) is 32.6 Å². The van der Waals surface area contributed by atoms with Gasteiger partial charge in [-0.3, -0.25) is 0 Å². The van der Waals surface area contributed by atoms with Crippen LogP contribution in [0.5, 0.6) is 0 Å². The second-order valence-electron chi connectivity index (χ2n) is 5.94. The van der Waals surface area contributed by atoms with Gasteiger partial charge in [0.2, 0.25) is 0 Å². The predicted octanol–water partition coefficient (Wildman–Crippen LogP) is 2.49. The predicted molar refractivity (Wildman–Crippen MR) is 69.3 cm³/mol. The standard InChI is InChI=1S/C14H27NO2/c1-4-13(3,5-2)15-12-6-8-17-14(10-12)7-9-16-11-14/h12,15H,4-11H2,1-3H3. The summed E-state index contributed by atoms with van der Waals surface area (Å²) in [6.07, 6.45) is 5.69. The fraction of sp³-hybridized carbons (Fsp3) is 1.00. The fourth-order valence-corrected chi connectivity index (χ4v) is 2.96. The molecule has 2 fully saturated rings. The Morgan fingerprint density at radius 2 is 2.06 bits per heavy atom. The van der Waals surface area contributed by atoms with Crippen LogP contribution in [0, 0.1) is 0 Å². The van der Waals surface area contributed by atoms with Crippen molar-refractivity contribution in [2.45, 2.75) is 70.1 Å². The summed E-state index contributed by atoms with van der Waals surface area (Å²) < 4.78 is 11.5. The molecule has 100 valence electrons. The van der Waals surface area contributed by atoms with E-state index in [1.807, 2.05) is 0 Å². The lowest BCUT2D eigenvalue weighted by Gasteiger charge is -2.41. The zero-order valence-corrected chi connectivity index (χ0v) is 11.6. The monoisotopic (exact) mass is 241 g/mol. The first-order valence-electron chi connectivity index (χ1n) is 7.11. The third-order valence-electron chi connectivity index (χ3n) is 4.67. The van der Waals surface area contributed by atoms with Crippen LogP contribution in [0.4, 0.5) is 0 Å². The van der Waals surface area contributed by atoms with Crippen LogP contribution in [0.3, 0.4) is 0 Å². The molecule has 2 saturated heterocycles. The van der Waals surface area contributed by atoms with E-state index in [1.165, 1.54) is 12.8 Å². The van der Waals surface area contributed by atoms with Crippen LogP contribution >= 0.6 is 0 Å². The van der Waals surface area contributed by atoms with E-state index < -0.39 is 0 Å². The maximum Gasteiger partial charge on any atom is 0.0951 e.